The molecule has 31 heavy (non-hydrogen) atoms. The van der Waals surface area contributed by atoms with Crippen molar-refractivity contribution in [1.82, 2.24) is 20.0 Å². The summed E-state index contributed by atoms with van der Waals surface area (Å²) in [6.45, 7) is 3.74. The van der Waals surface area contributed by atoms with Gasteiger partial charge in [-0.1, -0.05) is 18.2 Å². The van der Waals surface area contributed by atoms with Gasteiger partial charge in [0.2, 0.25) is 0 Å². The molecule has 0 saturated carbocycles. The van der Waals surface area contributed by atoms with Crippen molar-refractivity contribution in [3.63, 3.8) is 0 Å². The smallest absolute Gasteiger partial charge is 0.272 e. The Morgan fingerprint density at radius 1 is 1.03 bits per heavy atom. The Morgan fingerprint density at radius 2 is 1.74 bits per heavy atom. The maximum atomic E-state index is 12.7. The number of nitrogens with zero attached hydrogens (tertiary/aromatic N) is 3. The van der Waals surface area contributed by atoms with E-state index in [-0.39, 0.29) is 17.9 Å². The van der Waals surface area contributed by atoms with Crippen LogP contribution in [0.25, 0.3) is 5.69 Å². The maximum absolute atomic E-state index is 12.7. The fraction of sp³-hybridized carbons (Fsp3) is 0.292. The minimum Gasteiger partial charge on any atom is -0.494 e. The van der Waals surface area contributed by atoms with E-state index in [9.17, 15) is 9.59 Å². The number of para-hydroxylation sites is 1. The van der Waals surface area contributed by atoms with Crippen molar-refractivity contribution in [2.24, 2.45) is 0 Å². The van der Waals surface area contributed by atoms with Gasteiger partial charge >= 0.3 is 0 Å². The number of nitrogens with one attached hydrogen (secondary N) is 1. The van der Waals surface area contributed by atoms with Crippen LogP contribution in [0.4, 0.5) is 0 Å². The summed E-state index contributed by atoms with van der Waals surface area (Å²) in [5, 5.41) is 7.43. The van der Waals surface area contributed by atoms with Gasteiger partial charge in [0.25, 0.3) is 11.8 Å². The highest BCUT2D eigenvalue weighted by Crippen LogP contribution is 2.17. The maximum Gasteiger partial charge on any atom is 0.272 e. The molecule has 1 aliphatic heterocycles. The molecule has 0 radical (unpaired) electrons. The quantitative estimate of drug-likeness (QED) is 0.666. The summed E-state index contributed by atoms with van der Waals surface area (Å²) in [5.74, 6) is 0.579. The van der Waals surface area contributed by atoms with Crippen LogP contribution in [0.1, 0.15) is 40.6 Å². The minimum atomic E-state index is -0.189. The summed E-state index contributed by atoms with van der Waals surface area (Å²) in [4.78, 5) is 27.2. The molecular formula is C24H26N4O3. The lowest BCUT2D eigenvalue weighted by Gasteiger charge is -2.32. The number of carbonyl (C=O) groups is 2. The molecule has 3 aromatic rings. The van der Waals surface area contributed by atoms with Gasteiger partial charge in [-0.3, -0.25) is 9.59 Å². The van der Waals surface area contributed by atoms with Crippen molar-refractivity contribution in [2.45, 2.75) is 25.8 Å². The van der Waals surface area contributed by atoms with Crippen LogP contribution in [-0.2, 0) is 0 Å². The third-order valence-corrected chi connectivity index (χ3v) is 5.37. The van der Waals surface area contributed by atoms with E-state index in [0.717, 1.165) is 11.4 Å². The molecule has 7 nitrogen and oxygen atoms in total. The van der Waals surface area contributed by atoms with Crippen LogP contribution in [0.2, 0.25) is 0 Å². The zero-order valence-electron chi connectivity index (χ0n) is 17.5. The fourth-order valence-corrected chi connectivity index (χ4v) is 3.70. The Balaban J connectivity index is 1.29. The van der Waals surface area contributed by atoms with Gasteiger partial charge in [-0.25, -0.2) is 4.68 Å². The molecule has 4 rings (SSSR count). The number of likely N-dealkylation sites (tertiary alicyclic amines) is 1. The van der Waals surface area contributed by atoms with Crippen LogP contribution in [0, 0.1) is 0 Å². The number of aromatic nitrogens is 2. The van der Waals surface area contributed by atoms with Gasteiger partial charge in [-0.2, -0.15) is 5.10 Å². The third-order valence-electron chi connectivity index (χ3n) is 5.37. The fourth-order valence-electron chi connectivity index (χ4n) is 3.70. The Morgan fingerprint density at radius 3 is 2.42 bits per heavy atom. The van der Waals surface area contributed by atoms with Crippen molar-refractivity contribution >= 4 is 11.8 Å². The van der Waals surface area contributed by atoms with Gasteiger partial charge in [0.1, 0.15) is 5.75 Å². The lowest BCUT2D eigenvalue weighted by atomic mass is 10.0. The molecule has 2 amide bonds. The topological polar surface area (TPSA) is 76.5 Å². The Kier molecular flexibility index (Phi) is 6.31. The van der Waals surface area contributed by atoms with Crippen LogP contribution in [-0.4, -0.2) is 52.2 Å². The summed E-state index contributed by atoms with van der Waals surface area (Å²) in [6, 6.07) is 18.6. The van der Waals surface area contributed by atoms with E-state index in [1.807, 2.05) is 54.3 Å². The SMILES string of the molecule is CCOc1ccc(C(=O)N2CCC(NC(=O)c3ccn(-c4ccccc4)n3)CC2)cc1. The summed E-state index contributed by atoms with van der Waals surface area (Å²) in [5.41, 5.74) is 1.94. The molecule has 1 saturated heterocycles. The number of ether oxygens (including phenoxy) is 1. The second-order valence-corrected chi connectivity index (χ2v) is 7.48. The molecule has 0 aliphatic carbocycles. The predicted molar refractivity (Wildman–Crippen MR) is 118 cm³/mol. The minimum absolute atomic E-state index is 0.00873. The average Bonchev–Trinajstić information content (AvgIpc) is 3.31. The number of carbonyl (C=O) groups excluding carboxylic acids is 2. The number of benzene rings is 2. The zero-order valence-corrected chi connectivity index (χ0v) is 17.5. The molecule has 0 spiro atoms. The average molecular weight is 418 g/mol. The van der Waals surface area contributed by atoms with Gasteiger partial charge in [-0.15, -0.1) is 0 Å². The van der Waals surface area contributed by atoms with Crippen molar-refractivity contribution in [3.8, 4) is 11.4 Å². The molecular weight excluding hydrogens is 392 g/mol. The molecule has 1 N–H and O–H groups in total. The van der Waals surface area contributed by atoms with Crippen molar-refractivity contribution in [1.29, 1.82) is 0 Å². The van der Waals surface area contributed by atoms with Crippen molar-refractivity contribution in [2.75, 3.05) is 19.7 Å². The largest absolute Gasteiger partial charge is 0.494 e. The monoisotopic (exact) mass is 418 g/mol. The molecule has 1 aliphatic rings. The van der Waals surface area contributed by atoms with Crippen molar-refractivity contribution < 1.29 is 14.3 Å². The van der Waals surface area contributed by atoms with Crippen LogP contribution in [0.15, 0.2) is 66.9 Å². The molecule has 7 heteroatoms. The second kappa shape index (κ2) is 9.47. The highest BCUT2D eigenvalue weighted by Gasteiger charge is 2.25. The molecule has 1 aromatic heterocycles. The van der Waals surface area contributed by atoms with E-state index in [0.29, 0.717) is 43.8 Å². The second-order valence-electron chi connectivity index (χ2n) is 7.48. The van der Waals surface area contributed by atoms with E-state index in [4.69, 9.17) is 4.74 Å². The lowest BCUT2D eigenvalue weighted by molar-refractivity contribution is 0.0697. The van der Waals surface area contributed by atoms with Crippen molar-refractivity contribution in [3.05, 3.63) is 78.1 Å². The van der Waals surface area contributed by atoms with Gasteiger partial charge in [0.05, 0.1) is 12.3 Å². The van der Waals surface area contributed by atoms with E-state index >= 15 is 0 Å². The Labute approximate surface area is 181 Å². The molecule has 2 heterocycles. The van der Waals surface area contributed by atoms with Crippen LogP contribution in [0.3, 0.4) is 0 Å². The van der Waals surface area contributed by atoms with Gasteiger partial charge in [-0.05, 0) is 62.2 Å². The van der Waals surface area contributed by atoms with E-state index < -0.39 is 0 Å². The number of hydrogen-bond acceptors (Lipinski definition) is 4. The first-order valence-electron chi connectivity index (χ1n) is 10.6. The summed E-state index contributed by atoms with van der Waals surface area (Å²) in [7, 11) is 0. The summed E-state index contributed by atoms with van der Waals surface area (Å²) >= 11 is 0. The summed E-state index contributed by atoms with van der Waals surface area (Å²) in [6.07, 6.45) is 3.21. The van der Waals surface area contributed by atoms with E-state index in [1.165, 1.54) is 0 Å². The third kappa shape index (κ3) is 4.94. The Bertz CT molecular complexity index is 1020. The van der Waals surface area contributed by atoms with Gasteiger partial charge < -0.3 is 15.0 Å². The van der Waals surface area contributed by atoms with Crippen LogP contribution >= 0.6 is 0 Å². The lowest BCUT2D eigenvalue weighted by Crippen LogP contribution is -2.46. The molecule has 2 aromatic carbocycles. The van der Waals surface area contributed by atoms with Gasteiger partial charge in [0, 0.05) is 30.9 Å². The van der Waals surface area contributed by atoms with E-state index in [2.05, 4.69) is 10.4 Å². The Hall–Kier alpha value is -3.61. The highest BCUT2D eigenvalue weighted by atomic mass is 16.5. The van der Waals surface area contributed by atoms with E-state index in [1.54, 1.807) is 29.1 Å². The normalized spacial score (nSPS) is 14.3. The molecule has 0 bridgehead atoms. The number of piperidine rings is 1. The first kappa shape index (κ1) is 20.7. The standard InChI is InChI=1S/C24H26N4O3/c1-2-31-21-10-8-18(9-11-21)24(30)27-15-12-19(13-16-27)25-23(29)22-14-17-28(26-22)20-6-4-3-5-7-20/h3-11,14,17,19H,2,12-13,15-16H2,1H3,(H,25,29). The number of hydrogen-bond donors (Lipinski definition) is 1. The van der Waals surface area contributed by atoms with Gasteiger partial charge in [0.15, 0.2) is 5.69 Å². The molecule has 0 unspecified atom stereocenters. The number of rotatable bonds is 6. The molecule has 0 atom stereocenters. The first-order chi connectivity index (χ1) is 15.1. The molecule has 1 fully saturated rings. The number of amides is 2. The van der Waals surface area contributed by atoms with Crippen LogP contribution in [0.5, 0.6) is 5.75 Å². The summed E-state index contributed by atoms with van der Waals surface area (Å²) < 4.78 is 7.12. The first-order valence-corrected chi connectivity index (χ1v) is 10.6. The molecule has 160 valence electrons. The highest BCUT2D eigenvalue weighted by molar-refractivity contribution is 5.94. The zero-order chi connectivity index (χ0) is 21.6. The van der Waals surface area contributed by atoms with Crippen LogP contribution < -0.4 is 10.1 Å². The predicted octanol–water partition coefficient (Wildman–Crippen LogP) is 3.31.